The molecule has 0 bridgehead atoms. The molecule has 0 aromatic rings. The van der Waals surface area contributed by atoms with Crippen molar-refractivity contribution in [3.05, 3.63) is 0 Å². The summed E-state index contributed by atoms with van der Waals surface area (Å²) in [5, 5.41) is 2.68. The third-order valence-corrected chi connectivity index (χ3v) is 2.34. The maximum atomic E-state index is 11.2. The van der Waals surface area contributed by atoms with E-state index in [2.05, 4.69) is 11.2 Å². The Bertz CT molecular complexity index is 187. The Morgan fingerprint density at radius 1 is 1.50 bits per heavy atom. The SMILES string of the molecule is C#CCNC(=O)CC1CCCC1. The summed E-state index contributed by atoms with van der Waals surface area (Å²) in [5.41, 5.74) is 0. The van der Waals surface area contributed by atoms with Crippen LogP contribution in [0.2, 0.25) is 0 Å². The van der Waals surface area contributed by atoms with E-state index in [0.717, 1.165) is 0 Å². The highest BCUT2D eigenvalue weighted by atomic mass is 16.1. The molecule has 2 heteroatoms. The number of rotatable bonds is 3. The molecule has 1 saturated carbocycles. The average Bonchev–Trinajstić information content (AvgIpc) is 2.53. The number of amides is 1. The van der Waals surface area contributed by atoms with E-state index < -0.39 is 0 Å². The lowest BCUT2D eigenvalue weighted by atomic mass is 10.0. The van der Waals surface area contributed by atoms with Crippen molar-refractivity contribution in [3.8, 4) is 12.3 Å². The number of nitrogens with one attached hydrogen (secondary N) is 1. The Balaban J connectivity index is 2.13. The summed E-state index contributed by atoms with van der Waals surface area (Å²) >= 11 is 0. The van der Waals surface area contributed by atoms with Crippen LogP contribution in [0.4, 0.5) is 0 Å². The summed E-state index contributed by atoms with van der Waals surface area (Å²) in [6, 6.07) is 0. The van der Waals surface area contributed by atoms with Gasteiger partial charge in [-0.2, -0.15) is 0 Å². The zero-order chi connectivity index (χ0) is 8.81. The van der Waals surface area contributed by atoms with E-state index in [0.29, 0.717) is 18.9 Å². The van der Waals surface area contributed by atoms with Crippen LogP contribution in [0, 0.1) is 18.3 Å². The van der Waals surface area contributed by atoms with Crippen molar-refractivity contribution in [1.29, 1.82) is 0 Å². The molecule has 66 valence electrons. The lowest BCUT2D eigenvalue weighted by Gasteiger charge is -2.07. The highest BCUT2D eigenvalue weighted by Crippen LogP contribution is 2.27. The smallest absolute Gasteiger partial charge is 0.221 e. The molecule has 2 nitrogen and oxygen atoms in total. The van der Waals surface area contributed by atoms with E-state index in [1.54, 1.807) is 0 Å². The topological polar surface area (TPSA) is 29.1 Å². The van der Waals surface area contributed by atoms with Crippen molar-refractivity contribution in [2.45, 2.75) is 32.1 Å². The molecule has 0 aromatic heterocycles. The number of hydrogen-bond donors (Lipinski definition) is 1. The highest BCUT2D eigenvalue weighted by molar-refractivity contribution is 5.76. The largest absolute Gasteiger partial charge is 0.345 e. The minimum Gasteiger partial charge on any atom is -0.345 e. The van der Waals surface area contributed by atoms with Gasteiger partial charge in [-0.15, -0.1) is 6.42 Å². The van der Waals surface area contributed by atoms with Crippen molar-refractivity contribution in [1.82, 2.24) is 5.32 Å². The lowest BCUT2D eigenvalue weighted by molar-refractivity contribution is -0.121. The fourth-order valence-corrected chi connectivity index (χ4v) is 1.70. The molecule has 1 rings (SSSR count). The lowest BCUT2D eigenvalue weighted by Crippen LogP contribution is -2.25. The normalized spacial score (nSPS) is 17.2. The first-order chi connectivity index (χ1) is 5.83. The van der Waals surface area contributed by atoms with Crippen LogP contribution in [0.3, 0.4) is 0 Å². The Morgan fingerprint density at radius 3 is 2.75 bits per heavy atom. The Kier molecular flexibility index (Phi) is 3.66. The molecule has 0 heterocycles. The maximum Gasteiger partial charge on any atom is 0.221 e. The van der Waals surface area contributed by atoms with Crippen molar-refractivity contribution < 1.29 is 4.79 Å². The molecule has 1 N–H and O–H groups in total. The number of carbonyl (C=O) groups is 1. The molecule has 0 spiro atoms. The van der Waals surface area contributed by atoms with Gasteiger partial charge in [-0.25, -0.2) is 0 Å². The van der Waals surface area contributed by atoms with Crippen LogP contribution >= 0.6 is 0 Å². The van der Waals surface area contributed by atoms with E-state index in [-0.39, 0.29) is 5.91 Å². The van der Waals surface area contributed by atoms with Crippen LogP contribution < -0.4 is 5.32 Å². The third-order valence-electron chi connectivity index (χ3n) is 2.34. The second-order valence-electron chi connectivity index (χ2n) is 3.34. The summed E-state index contributed by atoms with van der Waals surface area (Å²) in [6.07, 6.45) is 10.7. The molecule has 0 saturated heterocycles. The van der Waals surface area contributed by atoms with Crippen molar-refractivity contribution in [2.24, 2.45) is 5.92 Å². The van der Waals surface area contributed by atoms with Gasteiger partial charge in [0, 0.05) is 6.42 Å². The molecule has 1 aliphatic rings. The van der Waals surface area contributed by atoms with Crippen LogP contribution in [-0.2, 0) is 4.79 Å². The van der Waals surface area contributed by atoms with E-state index in [4.69, 9.17) is 6.42 Å². The summed E-state index contributed by atoms with van der Waals surface area (Å²) in [5.74, 6) is 3.12. The first-order valence-corrected chi connectivity index (χ1v) is 4.53. The molecule has 1 fully saturated rings. The number of terminal acetylenes is 1. The van der Waals surface area contributed by atoms with E-state index in [9.17, 15) is 4.79 Å². The van der Waals surface area contributed by atoms with Crippen molar-refractivity contribution in [2.75, 3.05) is 6.54 Å². The summed E-state index contributed by atoms with van der Waals surface area (Å²) in [4.78, 5) is 11.2. The van der Waals surface area contributed by atoms with Gasteiger partial charge in [0.2, 0.25) is 5.91 Å². The molecule has 0 aliphatic heterocycles. The Hall–Kier alpha value is -0.970. The van der Waals surface area contributed by atoms with Gasteiger partial charge in [0.05, 0.1) is 6.54 Å². The quantitative estimate of drug-likeness (QED) is 0.628. The second kappa shape index (κ2) is 4.82. The first kappa shape index (κ1) is 9.12. The van der Waals surface area contributed by atoms with Gasteiger partial charge in [0.1, 0.15) is 0 Å². The van der Waals surface area contributed by atoms with Crippen molar-refractivity contribution >= 4 is 5.91 Å². The molecular weight excluding hydrogens is 150 g/mol. The molecule has 0 aromatic carbocycles. The summed E-state index contributed by atoms with van der Waals surface area (Å²) in [7, 11) is 0. The molecule has 12 heavy (non-hydrogen) atoms. The van der Waals surface area contributed by atoms with Crippen LogP contribution in [0.25, 0.3) is 0 Å². The van der Waals surface area contributed by atoms with E-state index >= 15 is 0 Å². The Labute approximate surface area is 73.7 Å². The zero-order valence-corrected chi connectivity index (χ0v) is 7.31. The predicted octanol–water partition coefficient (Wildman–Crippen LogP) is 1.32. The molecule has 1 aliphatic carbocycles. The van der Waals surface area contributed by atoms with Crippen LogP contribution in [0.5, 0.6) is 0 Å². The fourth-order valence-electron chi connectivity index (χ4n) is 1.70. The maximum absolute atomic E-state index is 11.2. The van der Waals surface area contributed by atoms with Crippen LogP contribution in [-0.4, -0.2) is 12.5 Å². The van der Waals surface area contributed by atoms with Gasteiger partial charge in [0.15, 0.2) is 0 Å². The van der Waals surface area contributed by atoms with Gasteiger partial charge >= 0.3 is 0 Å². The van der Waals surface area contributed by atoms with Gasteiger partial charge in [-0.3, -0.25) is 4.79 Å². The van der Waals surface area contributed by atoms with Gasteiger partial charge < -0.3 is 5.32 Å². The molecule has 0 unspecified atom stereocenters. The predicted molar refractivity (Wildman–Crippen MR) is 48.4 cm³/mol. The number of carbonyl (C=O) groups excluding carboxylic acids is 1. The summed E-state index contributed by atoms with van der Waals surface area (Å²) < 4.78 is 0. The Morgan fingerprint density at radius 2 is 2.17 bits per heavy atom. The second-order valence-corrected chi connectivity index (χ2v) is 3.34. The summed E-state index contributed by atoms with van der Waals surface area (Å²) in [6.45, 7) is 0.367. The average molecular weight is 165 g/mol. The fraction of sp³-hybridized carbons (Fsp3) is 0.700. The van der Waals surface area contributed by atoms with Crippen LogP contribution in [0.1, 0.15) is 32.1 Å². The van der Waals surface area contributed by atoms with Crippen LogP contribution in [0.15, 0.2) is 0 Å². The number of hydrogen-bond acceptors (Lipinski definition) is 1. The minimum absolute atomic E-state index is 0.111. The van der Waals surface area contributed by atoms with Gasteiger partial charge in [0.25, 0.3) is 0 Å². The standard InChI is InChI=1S/C10H15NO/c1-2-7-11-10(12)8-9-5-3-4-6-9/h1,9H,3-8H2,(H,11,12). The third kappa shape index (κ3) is 2.96. The molecular formula is C10H15NO. The van der Waals surface area contributed by atoms with Gasteiger partial charge in [-0.1, -0.05) is 18.8 Å². The van der Waals surface area contributed by atoms with Gasteiger partial charge in [-0.05, 0) is 18.8 Å². The first-order valence-electron chi connectivity index (χ1n) is 4.53. The molecule has 1 amide bonds. The molecule has 0 atom stereocenters. The molecule has 0 radical (unpaired) electrons. The van der Waals surface area contributed by atoms with Crippen molar-refractivity contribution in [3.63, 3.8) is 0 Å². The van der Waals surface area contributed by atoms with E-state index in [1.807, 2.05) is 0 Å². The van der Waals surface area contributed by atoms with E-state index in [1.165, 1.54) is 25.7 Å². The highest BCUT2D eigenvalue weighted by Gasteiger charge is 2.17. The monoisotopic (exact) mass is 165 g/mol. The zero-order valence-electron chi connectivity index (χ0n) is 7.31. The minimum atomic E-state index is 0.111.